The largest absolute Gasteiger partial charge is 0.480 e. The number of amides is 2. The van der Waals surface area contributed by atoms with E-state index >= 15 is 0 Å². The van der Waals surface area contributed by atoms with Crippen LogP contribution in [0.1, 0.15) is 38.2 Å². The summed E-state index contributed by atoms with van der Waals surface area (Å²) in [6.45, 7) is 4.66. The first kappa shape index (κ1) is 26.6. The van der Waals surface area contributed by atoms with E-state index < -0.39 is 40.1 Å². The van der Waals surface area contributed by atoms with Gasteiger partial charge in [0.15, 0.2) is 0 Å². The second kappa shape index (κ2) is 10.9. The van der Waals surface area contributed by atoms with Gasteiger partial charge in [-0.2, -0.15) is 4.31 Å². The van der Waals surface area contributed by atoms with Crippen molar-refractivity contribution in [2.24, 2.45) is 0 Å². The molecule has 0 bridgehead atoms. The van der Waals surface area contributed by atoms with Crippen LogP contribution in [0.5, 0.6) is 5.75 Å². The Morgan fingerprint density at radius 1 is 0.973 bits per heavy atom. The van der Waals surface area contributed by atoms with Gasteiger partial charge < -0.3 is 14.7 Å². The van der Waals surface area contributed by atoms with Crippen molar-refractivity contribution in [1.82, 2.24) is 9.21 Å². The van der Waals surface area contributed by atoms with Gasteiger partial charge >= 0.3 is 12.1 Å². The summed E-state index contributed by atoms with van der Waals surface area (Å²) in [6, 6.07) is 10.1. The van der Waals surface area contributed by atoms with Crippen molar-refractivity contribution in [3.8, 4) is 5.75 Å². The fraction of sp³-hybridized carbons (Fsp3) is 0.423. The summed E-state index contributed by atoms with van der Waals surface area (Å²) in [6.07, 6.45) is 2.15. The Morgan fingerprint density at radius 2 is 1.59 bits per heavy atom. The lowest BCUT2D eigenvalue weighted by Gasteiger charge is -2.32. The van der Waals surface area contributed by atoms with Gasteiger partial charge in [-0.3, -0.25) is 9.69 Å². The highest BCUT2D eigenvalue weighted by Crippen LogP contribution is 2.31. The van der Waals surface area contributed by atoms with Gasteiger partial charge in [0, 0.05) is 25.3 Å². The van der Waals surface area contributed by atoms with Gasteiger partial charge in [-0.05, 0) is 75.9 Å². The van der Waals surface area contributed by atoms with Crippen LogP contribution in [-0.2, 0) is 19.6 Å². The minimum atomic E-state index is -3.96. The maximum absolute atomic E-state index is 13.7. The smallest absolute Gasteiger partial charge is 0.415 e. The van der Waals surface area contributed by atoms with Crippen LogP contribution in [0, 0.1) is 6.92 Å². The Morgan fingerprint density at radius 3 is 2.19 bits per heavy atom. The number of carbonyl (C=O) groups is 3. The van der Waals surface area contributed by atoms with Crippen molar-refractivity contribution in [1.29, 1.82) is 0 Å². The lowest BCUT2D eigenvalue weighted by atomic mass is 10.1. The van der Waals surface area contributed by atoms with Gasteiger partial charge in [0.25, 0.3) is 0 Å². The molecule has 0 aliphatic carbocycles. The van der Waals surface area contributed by atoms with Crippen LogP contribution in [-0.4, -0.2) is 72.4 Å². The number of nitrogens with zero attached hydrogens (tertiary/aromatic N) is 3. The van der Waals surface area contributed by atoms with Crippen molar-refractivity contribution in [2.75, 3.05) is 24.5 Å². The molecule has 11 heteroatoms. The lowest BCUT2D eigenvalue weighted by Crippen LogP contribution is -2.52. The number of carboxylic acids is 1. The highest BCUT2D eigenvalue weighted by Gasteiger charge is 2.43. The van der Waals surface area contributed by atoms with Crippen LogP contribution in [0.25, 0.3) is 0 Å². The monoisotopic (exact) mass is 529 g/mol. The standard InChI is InChI=1S/C26H31N3O7S/c1-18-7-13-22(14-8-18)37(34,35)28-17-5-6-23(28)24(30)29(19(2)25(31)32)20-9-11-21(12-10-20)36-26(33)27-15-3-4-16-27/h7-14,19,23H,3-6,15-17H2,1-2H3,(H,31,32)/t19-,23-/m0/s1. The predicted molar refractivity (Wildman–Crippen MR) is 136 cm³/mol. The normalized spacial score (nSPS) is 19.0. The third-order valence-corrected chi connectivity index (χ3v) is 8.71. The number of aliphatic carboxylic acids is 1. The second-order valence-corrected chi connectivity index (χ2v) is 11.3. The fourth-order valence-corrected chi connectivity index (χ4v) is 6.32. The molecular formula is C26H31N3O7S. The van der Waals surface area contributed by atoms with Gasteiger partial charge in [0.05, 0.1) is 4.90 Å². The van der Waals surface area contributed by atoms with Crippen molar-refractivity contribution in [2.45, 2.75) is 56.5 Å². The third-order valence-electron chi connectivity index (χ3n) is 6.78. The zero-order chi connectivity index (χ0) is 26.7. The molecule has 0 radical (unpaired) electrons. The van der Waals surface area contributed by atoms with Crippen molar-refractivity contribution in [3.05, 3.63) is 54.1 Å². The van der Waals surface area contributed by atoms with Crippen LogP contribution in [0.4, 0.5) is 10.5 Å². The molecule has 2 atom stereocenters. The molecule has 198 valence electrons. The molecule has 1 N–H and O–H groups in total. The van der Waals surface area contributed by atoms with Crippen molar-refractivity contribution in [3.63, 3.8) is 0 Å². The van der Waals surface area contributed by atoms with E-state index in [1.807, 2.05) is 6.92 Å². The molecule has 10 nitrogen and oxygen atoms in total. The molecule has 2 saturated heterocycles. The molecule has 0 saturated carbocycles. The molecule has 2 amide bonds. The van der Waals surface area contributed by atoms with Crippen LogP contribution in [0.3, 0.4) is 0 Å². The average molecular weight is 530 g/mol. The van der Waals surface area contributed by atoms with Crippen LogP contribution >= 0.6 is 0 Å². The number of carbonyl (C=O) groups excluding carboxylic acids is 2. The SMILES string of the molecule is Cc1ccc(S(=O)(=O)N2CCC[C@H]2C(=O)N(c2ccc(OC(=O)N3CCCC3)cc2)[C@@H](C)C(=O)O)cc1. The van der Waals surface area contributed by atoms with Gasteiger partial charge in [-0.15, -0.1) is 0 Å². The van der Waals surface area contributed by atoms with Gasteiger partial charge in [-0.1, -0.05) is 17.7 Å². The fourth-order valence-electron chi connectivity index (χ4n) is 4.67. The van der Waals surface area contributed by atoms with Crippen molar-refractivity contribution >= 4 is 33.7 Å². The summed E-state index contributed by atoms with van der Waals surface area (Å²) in [7, 11) is -3.96. The average Bonchev–Trinajstić information content (AvgIpc) is 3.58. The lowest BCUT2D eigenvalue weighted by molar-refractivity contribution is -0.140. The number of ether oxygens (including phenoxy) is 1. The van der Waals surface area contributed by atoms with E-state index in [1.54, 1.807) is 17.0 Å². The summed E-state index contributed by atoms with van der Waals surface area (Å²) in [5.74, 6) is -1.59. The topological polar surface area (TPSA) is 125 Å². The first-order valence-corrected chi connectivity index (χ1v) is 13.7. The molecular weight excluding hydrogens is 498 g/mol. The first-order valence-electron chi connectivity index (χ1n) is 12.3. The minimum absolute atomic E-state index is 0.0832. The molecule has 2 aliphatic heterocycles. The summed E-state index contributed by atoms with van der Waals surface area (Å²) in [5, 5.41) is 9.73. The molecule has 2 aliphatic rings. The third kappa shape index (κ3) is 5.62. The summed E-state index contributed by atoms with van der Waals surface area (Å²) in [5.41, 5.74) is 1.17. The maximum atomic E-state index is 13.7. The molecule has 2 aromatic rings. The summed E-state index contributed by atoms with van der Waals surface area (Å²) < 4.78 is 33.3. The number of hydrogen-bond donors (Lipinski definition) is 1. The number of likely N-dealkylation sites (tertiary alicyclic amines) is 1. The quantitative estimate of drug-likeness (QED) is 0.584. The van der Waals surface area contributed by atoms with E-state index in [1.165, 1.54) is 43.3 Å². The van der Waals surface area contributed by atoms with Crippen molar-refractivity contribution < 1.29 is 32.6 Å². The highest BCUT2D eigenvalue weighted by molar-refractivity contribution is 7.89. The van der Waals surface area contributed by atoms with Gasteiger partial charge in [0.2, 0.25) is 15.9 Å². The molecule has 0 unspecified atom stereocenters. The number of anilines is 1. The number of rotatable bonds is 7. The zero-order valence-electron chi connectivity index (χ0n) is 20.9. The van der Waals surface area contributed by atoms with Crippen LogP contribution < -0.4 is 9.64 Å². The molecule has 2 fully saturated rings. The van der Waals surface area contributed by atoms with Gasteiger partial charge in [0.1, 0.15) is 17.8 Å². The minimum Gasteiger partial charge on any atom is -0.480 e. The number of aryl methyl sites for hydroxylation is 1. The van der Waals surface area contributed by atoms with E-state index in [-0.39, 0.29) is 29.3 Å². The van der Waals surface area contributed by atoms with E-state index in [2.05, 4.69) is 0 Å². The second-order valence-electron chi connectivity index (χ2n) is 9.37. The van der Waals surface area contributed by atoms with E-state index in [0.29, 0.717) is 19.5 Å². The van der Waals surface area contributed by atoms with E-state index in [0.717, 1.165) is 27.6 Å². The number of hydrogen-bond acceptors (Lipinski definition) is 6. The maximum Gasteiger partial charge on any atom is 0.415 e. The molecule has 4 rings (SSSR count). The Bertz CT molecular complexity index is 1260. The molecule has 37 heavy (non-hydrogen) atoms. The Balaban J connectivity index is 1.58. The highest BCUT2D eigenvalue weighted by atomic mass is 32.2. The predicted octanol–water partition coefficient (Wildman–Crippen LogP) is 3.25. The summed E-state index contributed by atoms with van der Waals surface area (Å²) >= 11 is 0. The summed E-state index contributed by atoms with van der Waals surface area (Å²) in [4.78, 5) is 40.7. The van der Waals surface area contributed by atoms with E-state index in [9.17, 15) is 27.9 Å². The number of benzene rings is 2. The first-order chi connectivity index (χ1) is 17.6. The van der Waals surface area contributed by atoms with Gasteiger partial charge in [-0.25, -0.2) is 18.0 Å². The molecule has 2 aromatic carbocycles. The molecule has 2 heterocycles. The zero-order valence-corrected chi connectivity index (χ0v) is 21.7. The van der Waals surface area contributed by atoms with Crippen LogP contribution in [0.2, 0.25) is 0 Å². The molecule has 0 spiro atoms. The number of sulfonamides is 1. The Hall–Kier alpha value is -3.44. The number of carboxylic acid groups (broad SMARTS) is 1. The Kier molecular flexibility index (Phi) is 7.84. The molecule has 0 aromatic heterocycles. The van der Waals surface area contributed by atoms with E-state index in [4.69, 9.17) is 4.74 Å². The Labute approximate surface area is 216 Å². The van der Waals surface area contributed by atoms with Crippen LogP contribution in [0.15, 0.2) is 53.4 Å².